The number of hydrogen-bond donors (Lipinski definition) is 1. The van der Waals surface area contributed by atoms with E-state index in [4.69, 9.17) is 11.6 Å². The van der Waals surface area contributed by atoms with Gasteiger partial charge in [-0.2, -0.15) is 0 Å². The van der Waals surface area contributed by atoms with Crippen molar-refractivity contribution in [2.75, 3.05) is 25.0 Å². The van der Waals surface area contributed by atoms with Crippen LogP contribution in [0, 0.1) is 18.8 Å². The number of aryl methyl sites for hydroxylation is 1. The summed E-state index contributed by atoms with van der Waals surface area (Å²) in [5.74, 6) is 1.33. The zero-order chi connectivity index (χ0) is 14.7. The summed E-state index contributed by atoms with van der Waals surface area (Å²) in [6.45, 7) is 8.92. The molecule has 1 aliphatic heterocycles. The van der Waals surface area contributed by atoms with Gasteiger partial charge in [0.05, 0.1) is 17.3 Å². The van der Waals surface area contributed by atoms with Crippen molar-refractivity contribution < 1.29 is 4.79 Å². The van der Waals surface area contributed by atoms with E-state index in [1.165, 1.54) is 6.42 Å². The number of piperidine rings is 1. The zero-order valence-electron chi connectivity index (χ0n) is 12.4. The minimum Gasteiger partial charge on any atom is -0.324 e. The third kappa shape index (κ3) is 4.22. The van der Waals surface area contributed by atoms with Crippen LogP contribution >= 0.6 is 11.6 Å². The normalized spacial score (nSPS) is 23.6. The number of anilines is 1. The number of likely N-dealkylation sites (tertiary alicyclic amines) is 1. The van der Waals surface area contributed by atoms with Gasteiger partial charge in [0.15, 0.2) is 0 Å². The first kappa shape index (κ1) is 15.3. The average Bonchev–Trinajstić information content (AvgIpc) is 2.31. The fourth-order valence-corrected chi connectivity index (χ4v) is 3.32. The van der Waals surface area contributed by atoms with Crippen molar-refractivity contribution >= 4 is 23.2 Å². The summed E-state index contributed by atoms with van der Waals surface area (Å²) in [6, 6.07) is 5.67. The second-order valence-electron chi connectivity index (χ2n) is 6.17. The lowest BCUT2D eigenvalue weighted by molar-refractivity contribution is -0.117. The standard InChI is InChI=1S/C16H23ClN2O/c1-11-4-5-15(14(17)7-11)18-16(20)10-19-8-12(2)6-13(3)9-19/h4-5,7,12-13H,6,8-10H2,1-3H3,(H,18,20). The smallest absolute Gasteiger partial charge is 0.238 e. The Labute approximate surface area is 126 Å². The number of rotatable bonds is 3. The molecular formula is C16H23ClN2O. The highest BCUT2D eigenvalue weighted by molar-refractivity contribution is 6.33. The number of carbonyl (C=O) groups excluding carboxylic acids is 1. The highest BCUT2D eigenvalue weighted by Gasteiger charge is 2.23. The SMILES string of the molecule is Cc1ccc(NC(=O)CN2CC(C)CC(C)C2)c(Cl)c1. The molecule has 110 valence electrons. The Hall–Kier alpha value is -1.06. The van der Waals surface area contributed by atoms with Gasteiger partial charge in [-0.25, -0.2) is 0 Å². The Kier molecular flexibility index (Phi) is 5.06. The van der Waals surface area contributed by atoms with Gasteiger partial charge in [-0.05, 0) is 42.9 Å². The molecule has 1 aromatic rings. The molecule has 2 unspecified atom stereocenters. The van der Waals surface area contributed by atoms with Gasteiger partial charge in [-0.15, -0.1) is 0 Å². The van der Waals surface area contributed by atoms with Crippen molar-refractivity contribution in [3.63, 3.8) is 0 Å². The summed E-state index contributed by atoms with van der Waals surface area (Å²) in [4.78, 5) is 14.4. The summed E-state index contributed by atoms with van der Waals surface area (Å²) in [5, 5.41) is 3.50. The molecule has 2 rings (SSSR count). The molecule has 0 saturated carbocycles. The average molecular weight is 295 g/mol. The minimum absolute atomic E-state index is 0.0112. The minimum atomic E-state index is 0.0112. The molecule has 1 fully saturated rings. The third-order valence-corrected chi connectivity index (χ3v) is 4.02. The van der Waals surface area contributed by atoms with Crippen LogP contribution in [-0.2, 0) is 4.79 Å². The molecule has 1 aliphatic rings. The topological polar surface area (TPSA) is 32.3 Å². The van der Waals surface area contributed by atoms with Crippen LogP contribution < -0.4 is 5.32 Å². The molecule has 20 heavy (non-hydrogen) atoms. The van der Waals surface area contributed by atoms with E-state index in [0.717, 1.165) is 18.7 Å². The van der Waals surface area contributed by atoms with Crippen molar-refractivity contribution in [2.24, 2.45) is 11.8 Å². The van der Waals surface area contributed by atoms with Crippen LogP contribution in [0.25, 0.3) is 0 Å². The summed E-state index contributed by atoms with van der Waals surface area (Å²) in [7, 11) is 0. The van der Waals surface area contributed by atoms with E-state index in [1.54, 1.807) is 0 Å². The van der Waals surface area contributed by atoms with E-state index in [9.17, 15) is 4.79 Å². The van der Waals surface area contributed by atoms with Gasteiger partial charge in [-0.1, -0.05) is 31.5 Å². The number of amides is 1. The number of halogens is 1. The van der Waals surface area contributed by atoms with Crippen molar-refractivity contribution in [2.45, 2.75) is 27.2 Å². The fraction of sp³-hybridized carbons (Fsp3) is 0.562. The van der Waals surface area contributed by atoms with Crippen LogP contribution in [0.5, 0.6) is 0 Å². The first-order valence-electron chi connectivity index (χ1n) is 7.22. The first-order valence-corrected chi connectivity index (χ1v) is 7.60. The van der Waals surface area contributed by atoms with Crippen LogP contribution in [-0.4, -0.2) is 30.4 Å². The van der Waals surface area contributed by atoms with E-state index in [-0.39, 0.29) is 5.91 Å². The first-order chi connectivity index (χ1) is 9.44. The van der Waals surface area contributed by atoms with Crippen LogP contribution in [0.15, 0.2) is 18.2 Å². The summed E-state index contributed by atoms with van der Waals surface area (Å²) in [6.07, 6.45) is 1.25. The van der Waals surface area contributed by atoms with Gasteiger partial charge < -0.3 is 5.32 Å². The van der Waals surface area contributed by atoms with Crippen LogP contribution in [0.4, 0.5) is 5.69 Å². The Bertz CT molecular complexity index is 479. The number of carbonyl (C=O) groups is 1. The lowest BCUT2D eigenvalue weighted by Crippen LogP contribution is -2.42. The molecule has 0 bridgehead atoms. The molecule has 0 aromatic heterocycles. The molecule has 1 N–H and O–H groups in total. The van der Waals surface area contributed by atoms with E-state index < -0.39 is 0 Å². The largest absolute Gasteiger partial charge is 0.324 e. The van der Waals surface area contributed by atoms with Crippen LogP contribution in [0.3, 0.4) is 0 Å². The summed E-state index contributed by atoms with van der Waals surface area (Å²) >= 11 is 6.13. The van der Waals surface area contributed by atoms with Gasteiger partial charge in [0, 0.05) is 13.1 Å². The highest BCUT2D eigenvalue weighted by atomic mass is 35.5. The lowest BCUT2D eigenvalue weighted by atomic mass is 9.92. The van der Waals surface area contributed by atoms with Crippen molar-refractivity contribution in [3.05, 3.63) is 28.8 Å². The Balaban J connectivity index is 1.92. The molecule has 0 radical (unpaired) electrons. The van der Waals surface area contributed by atoms with Gasteiger partial charge in [-0.3, -0.25) is 9.69 Å². The summed E-state index contributed by atoms with van der Waals surface area (Å²) in [5.41, 5.74) is 1.78. The molecule has 1 heterocycles. The van der Waals surface area contributed by atoms with E-state index >= 15 is 0 Å². The monoisotopic (exact) mass is 294 g/mol. The van der Waals surface area contributed by atoms with Crippen LogP contribution in [0.1, 0.15) is 25.8 Å². The van der Waals surface area contributed by atoms with Crippen molar-refractivity contribution in [1.29, 1.82) is 0 Å². The number of nitrogens with one attached hydrogen (secondary N) is 1. The van der Waals surface area contributed by atoms with Crippen LogP contribution in [0.2, 0.25) is 5.02 Å². The maximum atomic E-state index is 12.1. The fourth-order valence-electron chi connectivity index (χ4n) is 3.04. The Morgan fingerprint density at radius 1 is 1.35 bits per heavy atom. The molecule has 1 aromatic carbocycles. The Morgan fingerprint density at radius 2 is 2.00 bits per heavy atom. The molecule has 4 heteroatoms. The second-order valence-corrected chi connectivity index (χ2v) is 6.58. The zero-order valence-corrected chi connectivity index (χ0v) is 13.2. The number of nitrogens with zero attached hydrogens (tertiary/aromatic N) is 1. The molecule has 1 amide bonds. The number of hydrogen-bond acceptors (Lipinski definition) is 2. The Morgan fingerprint density at radius 3 is 2.60 bits per heavy atom. The lowest BCUT2D eigenvalue weighted by Gasteiger charge is -2.34. The third-order valence-electron chi connectivity index (χ3n) is 3.71. The second kappa shape index (κ2) is 6.59. The molecular weight excluding hydrogens is 272 g/mol. The maximum Gasteiger partial charge on any atom is 0.238 e. The van der Waals surface area contributed by atoms with Gasteiger partial charge in [0.1, 0.15) is 0 Å². The predicted octanol–water partition coefficient (Wildman–Crippen LogP) is 3.56. The molecule has 1 saturated heterocycles. The van der Waals surface area contributed by atoms with Crippen molar-refractivity contribution in [3.8, 4) is 0 Å². The van der Waals surface area contributed by atoms with E-state index in [0.29, 0.717) is 29.1 Å². The number of benzene rings is 1. The summed E-state index contributed by atoms with van der Waals surface area (Å²) < 4.78 is 0. The molecule has 0 spiro atoms. The van der Waals surface area contributed by atoms with Gasteiger partial charge in [0.2, 0.25) is 5.91 Å². The van der Waals surface area contributed by atoms with Gasteiger partial charge in [0.25, 0.3) is 0 Å². The highest BCUT2D eigenvalue weighted by Crippen LogP contribution is 2.23. The predicted molar refractivity (Wildman–Crippen MR) is 84.2 cm³/mol. The van der Waals surface area contributed by atoms with E-state index in [2.05, 4.69) is 24.1 Å². The molecule has 0 aliphatic carbocycles. The molecule has 2 atom stereocenters. The van der Waals surface area contributed by atoms with Crippen molar-refractivity contribution in [1.82, 2.24) is 4.90 Å². The van der Waals surface area contributed by atoms with Gasteiger partial charge >= 0.3 is 0 Å². The quantitative estimate of drug-likeness (QED) is 0.924. The van der Waals surface area contributed by atoms with E-state index in [1.807, 2.05) is 25.1 Å². The molecule has 3 nitrogen and oxygen atoms in total. The maximum absolute atomic E-state index is 12.1.